The first kappa shape index (κ1) is 6.69. The standard InChI is InChI=1S/C7H6BN2/c1-2-3-5-8-10-7-4-6-9-10/h4-7H,1H2. The smallest absolute Gasteiger partial charge is 0.317 e. The number of hydrogen-bond acceptors (Lipinski definition) is 1. The van der Waals surface area contributed by atoms with Crippen molar-refractivity contribution in [2.24, 2.45) is 0 Å². The SMILES string of the molecule is C=C=C=C[B]n1cccn1. The number of aromatic nitrogens is 2. The Labute approximate surface area is 60.4 Å². The summed E-state index contributed by atoms with van der Waals surface area (Å²) in [6.45, 7) is 3.36. The lowest BCUT2D eigenvalue weighted by Gasteiger charge is -1.86. The maximum absolute atomic E-state index is 3.93. The van der Waals surface area contributed by atoms with Crippen LogP contribution in [0.15, 0.2) is 42.5 Å². The third-order valence-electron chi connectivity index (χ3n) is 0.938. The molecule has 0 N–H and O–H groups in total. The van der Waals surface area contributed by atoms with Gasteiger partial charge in [0.15, 0.2) is 0 Å². The summed E-state index contributed by atoms with van der Waals surface area (Å²) in [5.41, 5.74) is 5.19. The molecule has 1 aromatic heterocycles. The first-order valence-corrected chi connectivity index (χ1v) is 2.87. The van der Waals surface area contributed by atoms with E-state index in [2.05, 4.69) is 23.1 Å². The van der Waals surface area contributed by atoms with E-state index >= 15 is 0 Å². The molecule has 2 nitrogen and oxygen atoms in total. The van der Waals surface area contributed by atoms with Gasteiger partial charge in [-0.1, -0.05) is 11.5 Å². The van der Waals surface area contributed by atoms with Crippen molar-refractivity contribution in [3.05, 3.63) is 42.5 Å². The van der Waals surface area contributed by atoms with Gasteiger partial charge in [-0.3, -0.25) is 0 Å². The van der Waals surface area contributed by atoms with Gasteiger partial charge >= 0.3 is 7.41 Å². The second-order valence-corrected chi connectivity index (χ2v) is 1.62. The van der Waals surface area contributed by atoms with E-state index in [4.69, 9.17) is 0 Å². The number of nitrogens with zero attached hydrogens (tertiary/aromatic N) is 2. The first-order valence-electron chi connectivity index (χ1n) is 2.87. The molecule has 0 saturated heterocycles. The summed E-state index contributed by atoms with van der Waals surface area (Å²) in [6, 6.07) is 1.85. The molecule has 0 amide bonds. The van der Waals surface area contributed by atoms with Crippen LogP contribution >= 0.6 is 0 Å². The van der Waals surface area contributed by atoms with E-state index in [1.165, 1.54) is 0 Å². The Kier molecular flexibility index (Phi) is 2.39. The van der Waals surface area contributed by atoms with E-state index in [0.717, 1.165) is 0 Å². The molecule has 0 aliphatic heterocycles. The van der Waals surface area contributed by atoms with Crippen molar-refractivity contribution < 1.29 is 0 Å². The highest BCUT2D eigenvalue weighted by Crippen LogP contribution is 1.78. The predicted octanol–water partition coefficient (Wildman–Crippen LogP) is 0.804. The molecule has 0 spiro atoms. The van der Waals surface area contributed by atoms with Gasteiger partial charge in [-0.05, 0) is 18.6 Å². The van der Waals surface area contributed by atoms with Crippen LogP contribution < -0.4 is 0 Å². The molecular weight excluding hydrogens is 123 g/mol. The largest absolute Gasteiger partial charge is 0.317 e. The highest BCUT2D eigenvalue weighted by Gasteiger charge is 1.85. The van der Waals surface area contributed by atoms with Crippen LogP contribution in [0.1, 0.15) is 0 Å². The predicted molar refractivity (Wildman–Crippen MR) is 40.6 cm³/mol. The molecular formula is C7H6BN2. The molecule has 0 bridgehead atoms. The second-order valence-electron chi connectivity index (χ2n) is 1.62. The molecule has 0 atom stereocenters. The maximum atomic E-state index is 3.93. The van der Waals surface area contributed by atoms with Crippen LogP contribution in [0.3, 0.4) is 0 Å². The summed E-state index contributed by atoms with van der Waals surface area (Å²) in [6.07, 6.45) is 3.54. The van der Waals surface area contributed by atoms with E-state index in [0.29, 0.717) is 0 Å². The molecule has 47 valence electrons. The summed E-state index contributed by atoms with van der Waals surface area (Å²) in [5.74, 6) is 1.69. The number of hydrogen-bond donors (Lipinski definition) is 0. The topological polar surface area (TPSA) is 17.8 Å². The quantitative estimate of drug-likeness (QED) is 0.426. The molecule has 1 heterocycles. The Bertz CT molecular complexity index is 264. The van der Waals surface area contributed by atoms with Crippen molar-refractivity contribution in [3.63, 3.8) is 0 Å². The molecule has 1 radical (unpaired) electrons. The van der Waals surface area contributed by atoms with Gasteiger partial charge in [0.05, 0.1) is 0 Å². The van der Waals surface area contributed by atoms with Crippen molar-refractivity contribution in [1.29, 1.82) is 0 Å². The maximum Gasteiger partial charge on any atom is 0.317 e. The van der Waals surface area contributed by atoms with Gasteiger partial charge in [-0.15, -0.1) is 0 Å². The molecule has 1 rings (SSSR count). The van der Waals surface area contributed by atoms with Crippen LogP contribution in [0.2, 0.25) is 0 Å². The highest BCUT2D eigenvalue weighted by atomic mass is 15.2. The van der Waals surface area contributed by atoms with Crippen molar-refractivity contribution in [2.75, 3.05) is 0 Å². The van der Waals surface area contributed by atoms with Crippen LogP contribution in [-0.2, 0) is 0 Å². The third kappa shape index (κ3) is 1.83. The fourth-order valence-electron chi connectivity index (χ4n) is 0.541. The molecule has 0 aliphatic rings. The molecule has 0 fully saturated rings. The van der Waals surface area contributed by atoms with Gasteiger partial charge in [-0.25, -0.2) is 0 Å². The molecule has 1 aromatic rings. The van der Waals surface area contributed by atoms with Crippen molar-refractivity contribution in [3.8, 4) is 0 Å². The zero-order chi connectivity index (χ0) is 7.23. The summed E-state index contributed by atoms with van der Waals surface area (Å²) >= 11 is 0. The van der Waals surface area contributed by atoms with Crippen LogP contribution in [0.5, 0.6) is 0 Å². The van der Waals surface area contributed by atoms with Gasteiger partial charge in [0.25, 0.3) is 0 Å². The van der Waals surface area contributed by atoms with Crippen LogP contribution in [0.25, 0.3) is 0 Å². The Morgan fingerprint density at radius 3 is 3.20 bits per heavy atom. The average Bonchev–Trinajstić information content (AvgIpc) is 2.41. The van der Waals surface area contributed by atoms with Crippen LogP contribution in [0.4, 0.5) is 0 Å². The van der Waals surface area contributed by atoms with Crippen LogP contribution in [0, 0.1) is 0 Å². The van der Waals surface area contributed by atoms with E-state index in [9.17, 15) is 0 Å². The normalized spacial score (nSPS) is 7.60. The van der Waals surface area contributed by atoms with E-state index in [-0.39, 0.29) is 0 Å². The Balaban J connectivity index is 2.57. The minimum Gasteiger partial charge on any atom is -0.317 e. The summed E-state index contributed by atoms with van der Waals surface area (Å²) < 4.78 is 1.67. The molecule has 10 heavy (non-hydrogen) atoms. The van der Waals surface area contributed by atoms with Crippen molar-refractivity contribution in [2.45, 2.75) is 0 Å². The zero-order valence-electron chi connectivity index (χ0n) is 5.49. The molecule has 0 aliphatic carbocycles. The van der Waals surface area contributed by atoms with Crippen LogP contribution in [-0.4, -0.2) is 17.1 Å². The fraction of sp³-hybridized carbons (Fsp3) is 0. The fourth-order valence-corrected chi connectivity index (χ4v) is 0.541. The van der Waals surface area contributed by atoms with E-state index < -0.39 is 0 Å². The van der Waals surface area contributed by atoms with Gasteiger partial charge in [-0.2, -0.15) is 5.10 Å². The first-order chi connectivity index (χ1) is 4.93. The van der Waals surface area contributed by atoms with Gasteiger partial charge in [0.1, 0.15) is 0 Å². The Hall–Kier alpha value is -1.43. The number of rotatable bonds is 2. The average molecular weight is 129 g/mol. The second kappa shape index (κ2) is 3.57. The Morgan fingerprint density at radius 2 is 2.60 bits per heavy atom. The summed E-state index contributed by atoms with van der Waals surface area (Å²) in [4.78, 5) is 0. The van der Waals surface area contributed by atoms with E-state index in [1.807, 2.05) is 12.3 Å². The van der Waals surface area contributed by atoms with E-state index in [1.54, 1.807) is 24.2 Å². The van der Waals surface area contributed by atoms with Crippen molar-refractivity contribution >= 4 is 7.41 Å². The minimum atomic E-state index is 1.67. The van der Waals surface area contributed by atoms with Gasteiger partial charge < -0.3 is 4.59 Å². The zero-order valence-corrected chi connectivity index (χ0v) is 5.49. The third-order valence-corrected chi connectivity index (χ3v) is 0.938. The minimum absolute atomic E-state index is 1.67. The lowest BCUT2D eigenvalue weighted by Crippen LogP contribution is -2.02. The molecule has 0 saturated carbocycles. The van der Waals surface area contributed by atoms with Gasteiger partial charge in [0, 0.05) is 12.4 Å². The molecule has 3 heteroatoms. The Morgan fingerprint density at radius 1 is 1.70 bits per heavy atom. The lowest BCUT2D eigenvalue weighted by molar-refractivity contribution is 0.981. The van der Waals surface area contributed by atoms with Crippen molar-refractivity contribution in [1.82, 2.24) is 9.69 Å². The summed E-state index contributed by atoms with van der Waals surface area (Å²) in [5, 5.41) is 3.93. The molecule has 0 aromatic carbocycles. The highest BCUT2D eigenvalue weighted by molar-refractivity contribution is 6.39. The molecule has 0 unspecified atom stereocenters. The summed E-state index contributed by atoms with van der Waals surface area (Å²) in [7, 11) is 1.76. The lowest BCUT2D eigenvalue weighted by atomic mass is 9.96. The monoisotopic (exact) mass is 129 g/mol. The van der Waals surface area contributed by atoms with Gasteiger partial charge in [0.2, 0.25) is 0 Å².